The number of hydrogen-bond acceptors (Lipinski definition) is 3. The molecule has 0 aromatic heterocycles. The van der Waals surface area contributed by atoms with Gasteiger partial charge in [-0.2, -0.15) is 0 Å². The summed E-state index contributed by atoms with van der Waals surface area (Å²) >= 11 is 7.23. The van der Waals surface area contributed by atoms with Gasteiger partial charge in [0.15, 0.2) is 0 Å². The molecule has 0 bridgehead atoms. The first kappa shape index (κ1) is 8.39. The summed E-state index contributed by atoms with van der Waals surface area (Å²) in [6, 6.07) is 0. The van der Waals surface area contributed by atoms with E-state index in [4.69, 9.17) is 4.18 Å². The third-order valence-electron chi connectivity index (χ3n) is 0.414. The lowest BCUT2D eigenvalue weighted by molar-refractivity contribution is 0.382. The summed E-state index contributed by atoms with van der Waals surface area (Å²) in [6.45, 7) is 0.817. The average molecular weight is 250 g/mol. The number of alkyl halides is 1. The molecule has 0 heterocycles. The molecular formula is C3H7IOS2. The van der Waals surface area contributed by atoms with Gasteiger partial charge < -0.3 is 4.18 Å². The highest BCUT2D eigenvalue weighted by Crippen LogP contribution is 2.06. The smallest absolute Gasteiger partial charge is 0.0631 e. The van der Waals surface area contributed by atoms with Crippen LogP contribution in [0.25, 0.3) is 0 Å². The van der Waals surface area contributed by atoms with E-state index in [-0.39, 0.29) is 0 Å². The molecule has 0 aromatic rings. The molecule has 0 spiro atoms. The first-order valence-electron chi connectivity index (χ1n) is 1.91. The summed E-state index contributed by atoms with van der Waals surface area (Å²) in [7, 11) is 0. The van der Waals surface area contributed by atoms with Crippen molar-refractivity contribution in [2.45, 2.75) is 6.42 Å². The van der Waals surface area contributed by atoms with Crippen molar-refractivity contribution in [1.82, 2.24) is 0 Å². The van der Waals surface area contributed by atoms with Gasteiger partial charge in [0, 0.05) is 4.43 Å². The molecule has 0 unspecified atom stereocenters. The zero-order valence-corrected chi connectivity index (χ0v) is 7.63. The number of thiol groups is 1. The Labute approximate surface area is 66.7 Å². The fourth-order valence-corrected chi connectivity index (χ4v) is 0.878. The van der Waals surface area contributed by atoms with Crippen molar-refractivity contribution in [3.8, 4) is 0 Å². The maximum Gasteiger partial charge on any atom is 0.0631 e. The van der Waals surface area contributed by atoms with Crippen molar-refractivity contribution in [1.29, 1.82) is 0 Å². The van der Waals surface area contributed by atoms with Crippen molar-refractivity contribution < 1.29 is 4.18 Å². The van der Waals surface area contributed by atoms with Crippen LogP contribution < -0.4 is 0 Å². The van der Waals surface area contributed by atoms with E-state index in [1.807, 2.05) is 0 Å². The van der Waals surface area contributed by atoms with Crippen LogP contribution in [0.15, 0.2) is 0 Å². The van der Waals surface area contributed by atoms with Gasteiger partial charge >= 0.3 is 0 Å². The Bertz CT molecular complexity index is 32.1. The fraction of sp³-hybridized carbons (Fsp3) is 1.00. The van der Waals surface area contributed by atoms with E-state index in [0.29, 0.717) is 0 Å². The fourth-order valence-electron chi connectivity index (χ4n) is 0.151. The van der Waals surface area contributed by atoms with Gasteiger partial charge in [-0.05, 0) is 6.42 Å². The van der Waals surface area contributed by atoms with Crippen molar-refractivity contribution in [2.24, 2.45) is 0 Å². The largest absolute Gasteiger partial charge is 0.305 e. The van der Waals surface area contributed by atoms with Crippen LogP contribution in [-0.4, -0.2) is 11.0 Å². The van der Waals surface area contributed by atoms with Crippen LogP contribution in [0.4, 0.5) is 0 Å². The van der Waals surface area contributed by atoms with E-state index in [9.17, 15) is 0 Å². The molecule has 0 fully saturated rings. The molecule has 0 aromatic carbocycles. The van der Waals surface area contributed by atoms with Crippen molar-refractivity contribution in [2.75, 3.05) is 11.0 Å². The Balaban J connectivity index is 2.45. The van der Waals surface area contributed by atoms with E-state index in [0.717, 1.165) is 28.5 Å². The minimum absolute atomic E-state index is 0.817. The molecule has 0 rings (SSSR count). The zero-order chi connectivity index (χ0) is 5.54. The standard InChI is InChI=1S/C3H7IOS2/c4-2-1-3-5-7-6/h6H,1-3H2. The maximum absolute atomic E-state index is 4.85. The summed E-state index contributed by atoms with van der Waals surface area (Å²) in [4.78, 5) is 0. The van der Waals surface area contributed by atoms with Gasteiger partial charge in [0.25, 0.3) is 0 Å². The minimum atomic E-state index is 0.817. The van der Waals surface area contributed by atoms with Gasteiger partial charge in [0.05, 0.1) is 17.7 Å². The molecule has 0 saturated heterocycles. The normalized spacial score (nSPS) is 9.43. The van der Waals surface area contributed by atoms with Crippen LogP contribution in [0.5, 0.6) is 0 Å². The Morgan fingerprint density at radius 1 is 1.71 bits per heavy atom. The lowest BCUT2D eigenvalue weighted by Crippen LogP contribution is -1.83. The van der Waals surface area contributed by atoms with E-state index >= 15 is 0 Å². The van der Waals surface area contributed by atoms with Gasteiger partial charge in [0.1, 0.15) is 0 Å². The van der Waals surface area contributed by atoms with Gasteiger partial charge in [-0.3, -0.25) is 0 Å². The molecule has 4 heteroatoms. The predicted molar refractivity (Wildman–Crippen MR) is 46.0 cm³/mol. The number of hydrogen-bond donors (Lipinski definition) is 1. The average Bonchev–Trinajstić information content (AvgIpc) is 1.69. The molecule has 0 amide bonds. The summed E-state index contributed by atoms with van der Waals surface area (Å²) in [5.74, 6) is 0. The lowest BCUT2D eigenvalue weighted by atomic mass is 10.5. The Morgan fingerprint density at radius 3 is 2.86 bits per heavy atom. The molecule has 0 N–H and O–H groups in total. The first-order chi connectivity index (χ1) is 3.41. The van der Waals surface area contributed by atoms with Gasteiger partial charge in [-0.15, -0.1) is 0 Å². The van der Waals surface area contributed by atoms with Crippen LogP contribution in [0, 0.1) is 0 Å². The SMILES string of the molecule is SSOCCCI. The lowest BCUT2D eigenvalue weighted by Gasteiger charge is -1.91. The molecule has 0 radical (unpaired) electrons. The highest BCUT2D eigenvalue weighted by molar-refractivity contribution is 14.1. The quantitative estimate of drug-likeness (QED) is 0.205. The monoisotopic (exact) mass is 250 g/mol. The summed E-state index contributed by atoms with van der Waals surface area (Å²) < 4.78 is 6.01. The number of halogens is 1. The molecule has 7 heavy (non-hydrogen) atoms. The Morgan fingerprint density at radius 2 is 2.43 bits per heavy atom. The van der Waals surface area contributed by atoms with Crippen molar-refractivity contribution in [3.63, 3.8) is 0 Å². The van der Waals surface area contributed by atoms with E-state index in [1.54, 1.807) is 0 Å². The van der Waals surface area contributed by atoms with Crippen molar-refractivity contribution >= 4 is 45.3 Å². The second kappa shape index (κ2) is 7.39. The molecule has 0 saturated carbocycles. The molecule has 0 aliphatic carbocycles. The maximum atomic E-state index is 4.85. The number of rotatable bonds is 4. The molecular weight excluding hydrogens is 243 g/mol. The second-order valence-corrected chi connectivity index (χ2v) is 2.85. The Hall–Kier alpha value is 1.39. The van der Waals surface area contributed by atoms with Gasteiger partial charge in [-0.1, -0.05) is 34.3 Å². The predicted octanol–water partition coefficient (Wildman–Crippen LogP) is 2.32. The second-order valence-electron chi connectivity index (χ2n) is 0.939. The van der Waals surface area contributed by atoms with Crippen LogP contribution in [0.2, 0.25) is 0 Å². The summed E-state index contributed by atoms with van der Waals surface area (Å²) in [5.41, 5.74) is 0. The van der Waals surface area contributed by atoms with E-state index in [2.05, 4.69) is 34.3 Å². The highest BCUT2D eigenvalue weighted by Gasteiger charge is 1.81. The molecule has 0 atom stereocenters. The van der Waals surface area contributed by atoms with Crippen LogP contribution >= 0.6 is 45.3 Å². The zero-order valence-electron chi connectivity index (χ0n) is 3.76. The molecule has 44 valence electrons. The summed E-state index contributed by atoms with van der Waals surface area (Å²) in [6.07, 6.45) is 1.12. The molecule has 0 aliphatic rings. The molecule has 1 nitrogen and oxygen atoms in total. The Kier molecular flexibility index (Phi) is 8.86. The third-order valence-corrected chi connectivity index (χ3v) is 1.77. The minimum Gasteiger partial charge on any atom is -0.305 e. The highest BCUT2D eigenvalue weighted by atomic mass is 127. The van der Waals surface area contributed by atoms with Crippen molar-refractivity contribution in [3.05, 3.63) is 0 Å². The topological polar surface area (TPSA) is 9.23 Å². The van der Waals surface area contributed by atoms with Crippen LogP contribution in [0.1, 0.15) is 6.42 Å². The van der Waals surface area contributed by atoms with Crippen LogP contribution in [-0.2, 0) is 4.18 Å². The van der Waals surface area contributed by atoms with E-state index < -0.39 is 0 Å². The van der Waals surface area contributed by atoms with Gasteiger partial charge in [0.2, 0.25) is 0 Å². The summed E-state index contributed by atoms with van der Waals surface area (Å²) in [5, 5.41) is 0. The van der Waals surface area contributed by atoms with Crippen LogP contribution in [0.3, 0.4) is 0 Å². The third kappa shape index (κ3) is 7.39. The van der Waals surface area contributed by atoms with Gasteiger partial charge in [-0.25, -0.2) is 0 Å². The first-order valence-corrected chi connectivity index (χ1v) is 5.22. The molecule has 0 aliphatic heterocycles. The van der Waals surface area contributed by atoms with E-state index in [1.165, 1.54) is 0 Å².